The maximum absolute atomic E-state index is 14.3. The van der Waals surface area contributed by atoms with Crippen molar-refractivity contribution in [1.82, 2.24) is 24.7 Å². The highest BCUT2D eigenvalue weighted by atomic mass is 19.4. The highest BCUT2D eigenvalue weighted by Gasteiger charge is 2.36. The molecule has 0 unspecified atom stereocenters. The van der Waals surface area contributed by atoms with E-state index in [1.54, 1.807) is 11.2 Å². The molecule has 3 aromatic heterocycles. The van der Waals surface area contributed by atoms with Gasteiger partial charge in [0.2, 0.25) is 0 Å². The predicted octanol–water partition coefficient (Wildman–Crippen LogP) is 5.06. The number of hydrogen-bond donors (Lipinski definition) is 3. The van der Waals surface area contributed by atoms with Crippen LogP contribution in [0.4, 0.5) is 42.2 Å². The molecule has 3 heterocycles. The molecule has 4 aromatic rings. The van der Waals surface area contributed by atoms with Crippen LogP contribution in [0.5, 0.6) is 0 Å². The van der Waals surface area contributed by atoms with Gasteiger partial charge in [-0.3, -0.25) is 9.59 Å². The number of nitrogens with two attached hydrogens (primary N) is 2. The molecule has 0 saturated heterocycles. The van der Waals surface area contributed by atoms with Crippen molar-refractivity contribution >= 4 is 22.3 Å². The number of benzene rings is 1. The quantitative estimate of drug-likeness (QED) is 0.264. The number of aromatic nitrogens is 5. The summed E-state index contributed by atoms with van der Waals surface area (Å²) in [5.41, 5.74) is 5.07. The molecule has 1 saturated carbocycles. The Kier molecular flexibility index (Phi) is 9.35. The molecule has 1 aromatic carbocycles. The van der Waals surface area contributed by atoms with E-state index in [4.69, 9.17) is 11.5 Å². The van der Waals surface area contributed by atoms with Gasteiger partial charge in [0.15, 0.2) is 5.82 Å². The number of hydrogen-bond acceptors (Lipinski definition) is 7. The zero-order valence-corrected chi connectivity index (χ0v) is 21.4. The fraction of sp³-hybridized carbons (Fsp3) is 0.320. The van der Waals surface area contributed by atoms with Crippen LogP contribution in [0.2, 0.25) is 0 Å². The highest BCUT2D eigenvalue weighted by Crippen LogP contribution is 2.34. The summed E-state index contributed by atoms with van der Waals surface area (Å²) in [5.74, 6) is -1.92. The van der Waals surface area contributed by atoms with Gasteiger partial charge in [-0.25, -0.2) is 19.5 Å². The lowest BCUT2D eigenvalue weighted by atomic mass is 10.1. The molecule has 1 aliphatic carbocycles. The lowest BCUT2D eigenvalue weighted by molar-refractivity contribution is -0.138. The Morgan fingerprint density at radius 3 is 2.02 bits per heavy atom. The first kappa shape index (κ1) is 31.0. The maximum atomic E-state index is 14.3. The van der Waals surface area contributed by atoms with E-state index in [1.807, 2.05) is 0 Å². The molecule has 0 radical (unpaired) electrons. The molecule has 41 heavy (non-hydrogen) atoms. The molecule has 0 amide bonds. The van der Waals surface area contributed by atoms with Crippen LogP contribution >= 0.6 is 0 Å². The van der Waals surface area contributed by atoms with E-state index >= 15 is 0 Å². The summed E-state index contributed by atoms with van der Waals surface area (Å²) in [6, 6.07) is 3.88. The lowest BCUT2D eigenvalue weighted by Gasteiger charge is -2.10. The van der Waals surface area contributed by atoms with E-state index in [9.17, 15) is 40.3 Å². The molecule has 16 heteroatoms. The lowest BCUT2D eigenvalue weighted by Crippen LogP contribution is -2.24. The Morgan fingerprint density at radius 2 is 1.54 bits per heavy atom. The average molecular weight is 588 g/mol. The second-order valence-electron chi connectivity index (χ2n) is 8.94. The predicted molar refractivity (Wildman–Crippen MR) is 137 cm³/mol. The topological polar surface area (TPSA) is 146 Å². The summed E-state index contributed by atoms with van der Waals surface area (Å²) >= 11 is 0. The fourth-order valence-electron chi connectivity index (χ4n) is 3.87. The van der Waals surface area contributed by atoms with Crippen molar-refractivity contribution < 1.29 is 30.7 Å². The second kappa shape index (κ2) is 12.3. The number of halogens is 7. The minimum Gasteiger partial charge on any atom is -0.397 e. The van der Waals surface area contributed by atoms with Crippen molar-refractivity contribution in [3.8, 4) is 11.4 Å². The minimum absolute atomic E-state index is 0.140. The van der Waals surface area contributed by atoms with Crippen LogP contribution in [-0.4, -0.2) is 24.7 Å². The molecule has 0 bridgehead atoms. The van der Waals surface area contributed by atoms with E-state index < -0.39 is 51.9 Å². The molecule has 0 atom stereocenters. The van der Waals surface area contributed by atoms with Gasteiger partial charge in [0, 0.05) is 19.4 Å². The third kappa shape index (κ3) is 7.58. The van der Waals surface area contributed by atoms with Gasteiger partial charge in [0.1, 0.15) is 22.8 Å². The Balaban J connectivity index is 0.000000224. The van der Waals surface area contributed by atoms with Crippen LogP contribution in [0, 0.1) is 5.82 Å². The number of pyridine rings is 1. The van der Waals surface area contributed by atoms with E-state index in [1.165, 1.54) is 56.0 Å². The normalized spacial score (nSPS) is 13.3. The molecule has 5 rings (SSSR count). The van der Waals surface area contributed by atoms with Crippen LogP contribution in [-0.2, 0) is 19.4 Å². The van der Waals surface area contributed by atoms with E-state index in [2.05, 4.69) is 15.1 Å². The van der Waals surface area contributed by atoms with Gasteiger partial charge in [-0.15, -0.1) is 0 Å². The molecule has 220 valence electrons. The maximum Gasteiger partial charge on any atom is 0.423 e. The number of fused-ring (bicyclic) bond motifs is 1. The molecule has 5 N–H and O–H groups in total. The van der Waals surface area contributed by atoms with Gasteiger partial charge < -0.3 is 16.0 Å². The highest BCUT2D eigenvalue weighted by molar-refractivity contribution is 5.86. The van der Waals surface area contributed by atoms with Crippen LogP contribution in [0.3, 0.4) is 0 Å². The Bertz CT molecular complexity index is 1640. The monoisotopic (exact) mass is 587 g/mol. The number of nitrogens with one attached hydrogen (secondary N) is 1. The molecule has 9 nitrogen and oxygen atoms in total. The summed E-state index contributed by atoms with van der Waals surface area (Å²) < 4.78 is 89.6. The summed E-state index contributed by atoms with van der Waals surface area (Å²) in [7, 11) is 1.52. The van der Waals surface area contributed by atoms with Crippen molar-refractivity contribution in [2.24, 2.45) is 7.05 Å². The molecule has 1 fully saturated rings. The van der Waals surface area contributed by atoms with Crippen molar-refractivity contribution in [3.05, 3.63) is 74.4 Å². The first-order valence-corrected chi connectivity index (χ1v) is 12.0. The van der Waals surface area contributed by atoms with Crippen molar-refractivity contribution in [2.45, 2.75) is 44.5 Å². The number of anilines is 2. The molecule has 0 spiro atoms. The molecule has 1 aliphatic rings. The Hall–Kier alpha value is -4.50. The molecular formula is C25H24F7N7O2. The van der Waals surface area contributed by atoms with Crippen LogP contribution in [0.25, 0.3) is 22.2 Å². The largest absolute Gasteiger partial charge is 0.423 e. The summed E-state index contributed by atoms with van der Waals surface area (Å²) in [4.78, 5) is 29.6. The molecular weight excluding hydrogens is 563 g/mol. The van der Waals surface area contributed by atoms with Crippen molar-refractivity contribution in [3.63, 3.8) is 0 Å². The number of nitrogens with zero attached hydrogens (tertiary/aromatic N) is 4. The SMILES string of the molecule is C1CCCC1.Cn1ccc2cc(-c3ncc(C(F)(F)F)c(N)n3)c(F)cc2c1=O.Nc1cn[nH]c(=O)c1C(F)(F)F. The first-order chi connectivity index (χ1) is 19.1. The van der Waals surface area contributed by atoms with Crippen LogP contribution in [0.15, 0.2) is 46.4 Å². The molecule has 0 aliphatic heterocycles. The number of aromatic amines is 1. The number of nitrogen functional groups attached to an aromatic ring is 2. The number of aryl methyl sites for hydroxylation is 1. The van der Waals surface area contributed by atoms with Gasteiger partial charge >= 0.3 is 12.4 Å². The van der Waals surface area contributed by atoms with Gasteiger partial charge in [-0.2, -0.15) is 31.4 Å². The second-order valence-corrected chi connectivity index (χ2v) is 8.94. The first-order valence-electron chi connectivity index (χ1n) is 12.0. The van der Waals surface area contributed by atoms with Crippen LogP contribution in [0.1, 0.15) is 43.2 Å². The van der Waals surface area contributed by atoms with E-state index in [0.29, 0.717) is 11.6 Å². The Morgan fingerprint density at radius 1 is 0.927 bits per heavy atom. The fourth-order valence-corrected chi connectivity index (χ4v) is 3.87. The summed E-state index contributed by atoms with van der Waals surface area (Å²) in [5, 5.41) is 5.29. The van der Waals surface area contributed by atoms with Crippen LogP contribution < -0.4 is 22.6 Å². The number of alkyl halides is 6. The third-order valence-corrected chi connectivity index (χ3v) is 5.95. The minimum atomic E-state index is -4.74. The third-order valence-electron chi connectivity index (χ3n) is 5.95. The van der Waals surface area contributed by atoms with Gasteiger partial charge in [-0.1, -0.05) is 32.1 Å². The summed E-state index contributed by atoms with van der Waals surface area (Å²) in [6.45, 7) is 0. The van der Waals surface area contributed by atoms with Crippen molar-refractivity contribution in [1.29, 1.82) is 0 Å². The number of H-pyrrole nitrogens is 1. The van der Waals surface area contributed by atoms with Gasteiger partial charge in [0.25, 0.3) is 11.1 Å². The standard InChI is InChI=1S/C15H10F4N4O.C5H4F3N3O.C5H10/c1-23-3-2-7-4-9(11(16)5-8(7)14(23)24)13-21-6-10(12(20)22-13)15(17,18)19;6-5(7,8)3-2(9)1-10-11-4(3)12;1-2-4-5-3-1/h2-6H,1H3,(H2,20,21,22);1H,(H3,9,11,12);1-5H2. The number of rotatable bonds is 1. The van der Waals surface area contributed by atoms with Gasteiger partial charge in [0.05, 0.1) is 22.8 Å². The van der Waals surface area contributed by atoms with Gasteiger partial charge in [-0.05, 0) is 23.6 Å². The zero-order valence-electron chi connectivity index (χ0n) is 21.4. The zero-order chi connectivity index (χ0) is 30.5. The average Bonchev–Trinajstić information content (AvgIpc) is 3.45. The van der Waals surface area contributed by atoms with E-state index in [-0.39, 0.29) is 16.8 Å². The Labute approximate surface area is 227 Å². The van der Waals surface area contributed by atoms with E-state index in [0.717, 1.165) is 12.3 Å². The van der Waals surface area contributed by atoms with Crippen molar-refractivity contribution in [2.75, 3.05) is 11.5 Å². The summed E-state index contributed by atoms with van der Waals surface area (Å²) in [6.07, 6.45) is 0.807. The smallest absolute Gasteiger partial charge is 0.397 e.